The Morgan fingerprint density at radius 3 is 2.44 bits per heavy atom. The number of rotatable bonds is 2. The first-order valence-corrected chi connectivity index (χ1v) is 6.11. The molecule has 1 unspecified atom stereocenters. The highest BCUT2D eigenvalue weighted by molar-refractivity contribution is 5.11. The predicted molar refractivity (Wildman–Crippen MR) is 65.1 cm³/mol. The molecule has 0 aromatic carbocycles. The van der Waals surface area contributed by atoms with Crippen LogP contribution in [0.3, 0.4) is 0 Å². The number of allylic oxidation sites excluding steroid dienone is 1. The summed E-state index contributed by atoms with van der Waals surface area (Å²) in [5, 5.41) is 0. The second-order valence-corrected chi connectivity index (χ2v) is 5.23. The van der Waals surface area contributed by atoms with Gasteiger partial charge in [0, 0.05) is 24.2 Å². The SMILES string of the molecule is C/C(F)=C1\COCC(C(C)C)N(C(C)C)C1. The molecule has 1 atom stereocenters. The number of hydrogen-bond donors (Lipinski definition) is 0. The molecule has 1 heterocycles. The van der Waals surface area contributed by atoms with E-state index in [1.54, 1.807) is 0 Å². The van der Waals surface area contributed by atoms with Crippen LogP contribution in [0.25, 0.3) is 0 Å². The molecule has 0 aromatic heterocycles. The third kappa shape index (κ3) is 3.29. The summed E-state index contributed by atoms with van der Waals surface area (Å²) in [6.07, 6.45) is 0. The fraction of sp³-hybridized carbons (Fsp3) is 0.846. The summed E-state index contributed by atoms with van der Waals surface area (Å²) in [7, 11) is 0. The van der Waals surface area contributed by atoms with E-state index in [1.807, 2.05) is 0 Å². The Hall–Kier alpha value is -0.410. The molecule has 0 N–H and O–H groups in total. The second-order valence-electron chi connectivity index (χ2n) is 5.23. The van der Waals surface area contributed by atoms with Gasteiger partial charge in [-0.25, -0.2) is 4.39 Å². The first-order chi connectivity index (χ1) is 7.43. The van der Waals surface area contributed by atoms with Gasteiger partial charge in [-0.05, 0) is 26.7 Å². The number of hydrogen-bond acceptors (Lipinski definition) is 2. The molecule has 0 aromatic rings. The molecular formula is C13H24FNO. The van der Waals surface area contributed by atoms with Gasteiger partial charge in [-0.3, -0.25) is 4.90 Å². The van der Waals surface area contributed by atoms with E-state index >= 15 is 0 Å². The molecule has 0 aliphatic carbocycles. The predicted octanol–water partition coefficient (Wildman–Crippen LogP) is 3.00. The summed E-state index contributed by atoms with van der Waals surface area (Å²) in [5.74, 6) is 0.441. The molecule has 16 heavy (non-hydrogen) atoms. The maximum absolute atomic E-state index is 13.3. The Labute approximate surface area is 98.5 Å². The van der Waals surface area contributed by atoms with Gasteiger partial charge in [0.05, 0.1) is 19.0 Å². The van der Waals surface area contributed by atoms with E-state index in [4.69, 9.17) is 4.74 Å². The molecular weight excluding hydrogens is 205 g/mol. The molecule has 0 amide bonds. The molecule has 0 radical (unpaired) electrons. The van der Waals surface area contributed by atoms with Crippen molar-refractivity contribution >= 4 is 0 Å². The van der Waals surface area contributed by atoms with Gasteiger partial charge in [-0.1, -0.05) is 13.8 Å². The minimum Gasteiger partial charge on any atom is -0.375 e. The van der Waals surface area contributed by atoms with Gasteiger partial charge in [0.1, 0.15) is 0 Å². The zero-order valence-electron chi connectivity index (χ0n) is 11.1. The third-order valence-electron chi connectivity index (χ3n) is 3.28. The molecule has 1 rings (SSSR count). The fourth-order valence-corrected chi connectivity index (χ4v) is 2.13. The first kappa shape index (κ1) is 13.7. The number of halogens is 1. The largest absolute Gasteiger partial charge is 0.375 e. The van der Waals surface area contributed by atoms with E-state index in [2.05, 4.69) is 32.6 Å². The maximum atomic E-state index is 13.3. The van der Waals surface area contributed by atoms with Gasteiger partial charge < -0.3 is 4.74 Å². The Morgan fingerprint density at radius 1 is 1.38 bits per heavy atom. The molecule has 0 bridgehead atoms. The van der Waals surface area contributed by atoms with Crippen molar-refractivity contribution in [3.63, 3.8) is 0 Å². The van der Waals surface area contributed by atoms with Crippen LogP contribution in [0, 0.1) is 5.92 Å². The Balaban J connectivity index is 2.88. The second kappa shape index (κ2) is 5.78. The zero-order chi connectivity index (χ0) is 12.3. The van der Waals surface area contributed by atoms with E-state index in [-0.39, 0.29) is 5.83 Å². The van der Waals surface area contributed by atoms with Gasteiger partial charge in [0.15, 0.2) is 0 Å². The van der Waals surface area contributed by atoms with Gasteiger partial charge in [-0.15, -0.1) is 0 Å². The van der Waals surface area contributed by atoms with Crippen LogP contribution in [0.2, 0.25) is 0 Å². The molecule has 1 saturated heterocycles. The van der Waals surface area contributed by atoms with Crippen LogP contribution < -0.4 is 0 Å². The average Bonchev–Trinajstić information content (AvgIpc) is 2.38. The molecule has 0 spiro atoms. The summed E-state index contributed by atoms with van der Waals surface area (Å²) in [5.41, 5.74) is 0.789. The lowest BCUT2D eigenvalue weighted by Gasteiger charge is -2.35. The molecule has 1 fully saturated rings. The lowest BCUT2D eigenvalue weighted by molar-refractivity contribution is 0.0631. The van der Waals surface area contributed by atoms with Crippen LogP contribution in [0.1, 0.15) is 34.6 Å². The molecule has 1 aliphatic heterocycles. The van der Waals surface area contributed by atoms with Crippen LogP contribution in [-0.2, 0) is 4.74 Å². The Kier molecular flexibility index (Phi) is 4.93. The average molecular weight is 229 g/mol. The smallest absolute Gasteiger partial charge is 0.0996 e. The van der Waals surface area contributed by atoms with Crippen molar-refractivity contribution in [2.45, 2.75) is 46.7 Å². The van der Waals surface area contributed by atoms with Crippen LogP contribution in [0.15, 0.2) is 11.4 Å². The lowest BCUT2D eigenvalue weighted by Crippen LogP contribution is -2.45. The van der Waals surface area contributed by atoms with Crippen molar-refractivity contribution in [3.05, 3.63) is 11.4 Å². The summed E-state index contributed by atoms with van der Waals surface area (Å²) >= 11 is 0. The molecule has 94 valence electrons. The summed E-state index contributed by atoms with van der Waals surface area (Å²) in [4.78, 5) is 2.34. The van der Waals surface area contributed by atoms with Crippen molar-refractivity contribution in [2.24, 2.45) is 5.92 Å². The first-order valence-electron chi connectivity index (χ1n) is 6.11. The highest BCUT2D eigenvalue weighted by Gasteiger charge is 2.28. The summed E-state index contributed by atoms with van der Waals surface area (Å²) in [6, 6.07) is 0.806. The van der Waals surface area contributed by atoms with Crippen molar-refractivity contribution in [3.8, 4) is 0 Å². The summed E-state index contributed by atoms with van der Waals surface area (Å²) < 4.78 is 18.9. The Bertz CT molecular complexity index is 257. The normalized spacial score (nSPS) is 27.4. The van der Waals surface area contributed by atoms with Gasteiger partial charge >= 0.3 is 0 Å². The topological polar surface area (TPSA) is 12.5 Å². The minimum atomic E-state index is -0.0879. The minimum absolute atomic E-state index is 0.0879. The fourth-order valence-electron chi connectivity index (χ4n) is 2.13. The highest BCUT2D eigenvalue weighted by Crippen LogP contribution is 2.22. The van der Waals surface area contributed by atoms with Crippen molar-refractivity contribution in [1.82, 2.24) is 4.90 Å². The van der Waals surface area contributed by atoms with Gasteiger partial charge in [0.2, 0.25) is 0 Å². The quantitative estimate of drug-likeness (QED) is 0.721. The summed E-state index contributed by atoms with van der Waals surface area (Å²) in [6.45, 7) is 12.1. The van der Waals surface area contributed by atoms with Crippen LogP contribution in [-0.4, -0.2) is 36.7 Å². The van der Waals surface area contributed by atoms with Crippen molar-refractivity contribution in [2.75, 3.05) is 19.8 Å². The standard InChI is InChI=1S/C13H24FNO/c1-9(2)13-8-16-7-12(11(5)14)6-15(13)10(3)4/h9-10,13H,6-8H2,1-5H3/b12-11+. The molecule has 2 nitrogen and oxygen atoms in total. The highest BCUT2D eigenvalue weighted by atomic mass is 19.1. The number of nitrogens with zero attached hydrogens (tertiary/aromatic N) is 1. The monoisotopic (exact) mass is 229 g/mol. The third-order valence-corrected chi connectivity index (χ3v) is 3.28. The van der Waals surface area contributed by atoms with E-state index < -0.39 is 0 Å². The van der Waals surface area contributed by atoms with Crippen LogP contribution in [0.4, 0.5) is 4.39 Å². The Morgan fingerprint density at radius 2 is 2.00 bits per heavy atom. The van der Waals surface area contributed by atoms with Crippen molar-refractivity contribution in [1.29, 1.82) is 0 Å². The van der Waals surface area contributed by atoms with E-state index in [0.717, 1.165) is 5.57 Å². The maximum Gasteiger partial charge on any atom is 0.0996 e. The van der Waals surface area contributed by atoms with Crippen LogP contribution in [0.5, 0.6) is 0 Å². The van der Waals surface area contributed by atoms with Gasteiger partial charge in [0.25, 0.3) is 0 Å². The molecule has 1 aliphatic rings. The van der Waals surface area contributed by atoms with Gasteiger partial charge in [-0.2, -0.15) is 0 Å². The van der Waals surface area contributed by atoms with Crippen LogP contribution >= 0.6 is 0 Å². The number of ether oxygens (including phenoxy) is 1. The lowest BCUT2D eigenvalue weighted by atomic mass is 10.0. The molecule has 0 saturated carbocycles. The van der Waals surface area contributed by atoms with E-state index in [1.165, 1.54) is 6.92 Å². The zero-order valence-corrected chi connectivity index (χ0v) is 11.1. The van der Waals surface area contributed by atoms with E-state index in [0.29, 0.717) is 37.8 Å². The van der Waals surface area contributed by atoms with E-state index in [9.17, 15) is 4.39 Å². The van der Waals surface area contributed by atoms with Crippen molar-refractivity contribution < 1.29 is 9.13 Å². The molecule has 3 heteroatoms.